The molecule has 9 nitrogen and oxygen atoms in total. The van der Waals surface area contributed by atoms with Gasteiger partial charge in [0.1, 0.15) is 0 Å². The van der Waals surface area contributed by atoms with E-state index in [4.69, 9.17) is 0 Å². The number of nitro groups is 1. The highest BCUT2D eigenvalue weighted by atomic mass is 32.2. The summed E-state index contributed by atoms with van der Waals surface area (Å²) in [6, 6.07) is 6.55. The van der Waals surface area contributed by atoms with E-state index in [1.54, 1.807) is 26.8 Å². The van der Waals surface area contributed by atoms with Gasteiger partial charge in [-0.2, -0.15) is 17.0 Å². The van der Waals surface area contributed by atoms with Gasteiger partial charge in [0.2, 0.25) is 0 Å². The fourth-order valence-electron chi connectivity index (χ4n) is 3.57. The molecule has 0 atom stereocenters. The van der Waals surface area contributed by atoms with Crippen LogP contribution in [0, 0.1) is 10.1 Å². The Hall–Kier alpha value is -2.08. The Morgan fingerprint density at radius 2 is 1.64 bits per heavy atom. The van der Waals surface area contributed by atoms with Crippen LogP contribution in [0.25, 0.3) is 11.3 Å². The van der Waals surface area contributed by atoms with Crippen molar-refractivity contribution in [1.82, 2.24) is 13.6 Å². The zero-order valence-corrected chi connectivity index (χ0v) is 16.9. The lowest BCUT2D eigenvalue weighted by atomic mass is 10.1. The predicted molar refractivity (Wildman–Crippen MR) is 108 cm³/mol. The van der Waals surface area contributed by atoms with Crippen LogP contribution in [-0.2, 0) is 10.2 Å². The Kier molecular flexibility index (Phi) is 5.32. The van der Waals surface area contributed by atoms with Crippen molar-refractivity contribution in [2.45, 2.75) is 12.8 Å². The lowest BCUT2D eigenvalue weighted by Gasteiger charge is -2.35. The van der Waals surface area contributed by atoms with Crippen molar-refractivity contribution in [3.05, 3.63) is 39.8 Å². The maximum atomic E-state index is 12.7. The van der Waals surface area contributed by atoms with Crippen molar-refractivity contribution in [1.29, 1.82) is 0 Å². The summed E-state index contributed by atoms with van der Waals surface area (Å²) in [6.07, 6.45) is 1.85. The van der Waals surface area contributed by atoms with Crippen LogP contribution >= 0.6 is 11.3 Å². The van der Waals surface area contributed by atoms with Crippen LogP contribution < -0.4 is 4.90 Å². The lowest BCUT2D eigenvalue weighted by molar-refractivity contribution is -0.384. The zero-order chi connectivity index (χ0) is 19.7. The van der Waals surface area contributed by atoms with Gasteiger partial charge >= 0.3 is 0 Å². The molecule has 3 heterocycles. The number of rotatable bonds is 5. The molecule has 0 radical (unpaired) electrons. The second-order valence-corrected chi connectivity index (χ2v) is 9.55. The normalized spacial score (nSPS) is 19.2. The molecule has 2 aliphatic rings. The van der Waals surface area contributed by atoms with Crippen LogP contribution in [0.15, 0.2) is 29.6 Å². The summed E-state index contributed by atoms with van der Waals surface area (Å²) < 4.78 is 28.5. The topological polar surface area (TPSA) is 99.9 Å². The van der Waals surface area contributed by atoms with Crippen LogP contribution in [0.1, 0.15) is 12.8 Å². The molecular weight excluding hydrogens is 402 g/mol. The third-order valence-corrected chi connectivity index (χ3v) is 8.03. The summed E-state index contributed by atoms with van der Waals surface area (Å²) in [5.74, 6) is 0. The van der Waals surface area contributed by atoms with Crippen LogP contribution in [0.2, 0.25) is 0 Å². The lowest BCUT2D eigenvalue weighted by Crippen LogP contribution is -2.52. The Morgan fingerprint density at radius 1 is 1.00 bits per heavy atom. The number of hydrogen-bond acceptors (Lipinski definition) is 7. The number of aromatic nitrogens is 1. The fraction of sp³-hybridized carbons (Fsp3) is 0.471. The predicted octanol–water partition coefficient (Wildman–Crippen LogP) is 2.18. The number of nitro benzene ring substituents is 1. The Labute approximate surface area is 167 Å². The van der Waals surface area contributed by atoms with E-state index < -0.39 is 15.1 Å². The van der Waals surface area contributed by atoms with Gasteiger partial charge in [0.25, 0.3) is 15.9 Å². The zero-order valence-electron chi connectivity index (χ0n) is 15.2. The number of para-hydroxylation sites is 1. The van der Waals surface area contributed by atoms with Crippen molar-refractivity contribution in [3.8, 4) is 11.3 Å². The maximum absolute atomic E-state index is 12.7. The SMILES string of the molecule is O=[N+]([O-])c1ccccc1-c1csc(N2CCN(S(=O)(=O)N3CCCC3)CC2)n1. The summed E-state index contributed by atoms with van der Waals surface area (Å²) in [5, 5.41) is 13.8. The molecular formula is C17H21N5O4S2. The minimum Gasteiger partial charge on any atom is -0.345 e. The molecule has 28 heavy (non-hydrogen) atoms. The molecule has 0 amide bonds. The van der Waals surface area contributed by atoms with Gasteiger partial charge in [-0.05, 0) is 18.9 Å². The summed E-state index contributed by atoms with van der Waals surface area (Å²) in [5.41, 5.74) is 1.09. The Bertz CT molecular complexity index is 963. The number of anilines is 1. The van der Waals surface area contributed by atoms with E-state index >= 15 is 0 Å². The third kappa shape index (κ3) is 3.62. The van der Waals surface area contributed by atoms with Gasteiger partial charge < -0.3 is 4.90 Å². The summed E-state index contributed by atoms with van der Waals surface area (Å²) >= 11 is 1.42. The molecule has 0 spiro atoms. The van der Waals surface area contributed by atoms with Crippen molar-refractivity contribution in [3.63, 3.8) is 0 Å². The van der Waals surface area contributed by atoms with E-state index in [1.807, 2.05) is 10.3 Å². The smallest absolute Gasteiger partial charge is 0.282 e. The van der Waals surface area contributed by atoms with Gasteiger partial charge in [-0.25, -0.2) is 4.98 Å². The molecule has 1 aromatic heterocycles. The van der Waals surface area contributed by atoms with Crippen LogP contribution in [-0.4, -0.2) is 66.2 Å². The molecule has 0 saturated carbocycles. The molecule has 11 heteroatoms. The highest BCUT2D eigenvalue weighted by molar-refractivity contribution is 7.86. The average Bonchev–Trinajstić information content (AvgIpc) is 3.40. The summed E-state index contributed by atoms with van der Waals surface area (Å²) in [4.78, 5) is 17.5. The van der Waals surface area contributed by atoms with E-state index in [2.05, 4.69) is 4.98 Å². The van der Waals surface area contributed by atoms with E-state index in [0.29, 0.717) is 50.5 Å². The van der Waals surface area contributed by atoms with Crippen LogP contribution in [0.3, 0.4) is 0 Å². The first-order valence-corrected chi connectivity index (χ1v) is 11.4. The fourth-order valence-corrected chi connectivity index (χ4v) is 6.13. The van der Waals surface area contributed by atoms with Gasteiger partial charge in [0.15, 0.2) is 5.13 Å². The van der Waals surface area contributed by atoms with E-state index in [1.165, 1.54) is 17.4 Å². The first-order chi connectivity index (χ1) is 13.5. The third-order valence-electron chi connectivity index (χ3n) is 5.10. The average molecular weight is 424 g/mol. The largest absolute Gasteiger partial charge is 0.345 e. The van der Waals surface area contributed by atoms with E-state index in [0.717, 1.165) is 18.0 Å². The molecule has 2 saturated heterocycles. The highest BCUT2D eigenvalue weighted by Gasteiger charge is 2.34. The molecule has 150 valence electrons. The second kappa shape index (κ2) is 7.74. The molecule has 2 fully saturated rings. The van der Waals surface area contributed by atoms with Gasteiger partial charge in [-0.3, -0.25) is 10.1 Å². The molecule has 0 bridgehead atoms. The van der Waals surface area contributed by atoms with Gasteiger partial charge in [-0.15, -0.1) is 11.3 Å². The molecule has 4 rings (SSSR count). The van der Waals surface area contributed by atoms with E-state index in [9.17, 15) is 18.5 Å². The summed E-state index contributed by atoms with van der Waals surface area (Å²) in [7, 11) is -3.37. The van der Waals surface area contributed by atoms with Crippen molar-refractivity contribution in [2.75, 3.05) is 44.2 Å². The van der Waals surface area contributed by atoms with Gasteiger partial charge in [-0.1, -0.05) is 12.1 Å². The standard InChI is InChI=1S/C17H21N5O4S2/c23-22(24)16-6-2-1-5-14(16)15-13-27-17(18-15)19-9-11-21(12-10-19)28(25,26)20-7-3-4-8-20/h1-2,5-6,13H,3-4,7-12H2. The maximum Gasteiger partial charge on any atom is 0.282 e. The number of hydrogen-bond donors (Lipinski definition) is 0. The molecule has 0 N–H and O–H groups in total. The molecule has 0 unspecified atom stereocenters. The van der Waals surface area contributed by atoms with Crippen LogP contribution in [0.4, 0.5) is 10.8 Å². The number of thiazole rings is 1. The number of benzene rings is 1. The monoisotopic (exact) mass is 423 g/mol. The molecule has 1 aromatic carbocycles. The highest BCUT2D eigenvalue weighted by Crippen LogP contribution is 2.33. The van der Waals surface area contributed by atoms with Crippen molar-refractivity contribution in [2.24, 2.45) is 0 Å². The number of nitrogens with zero attached hydrogens (tertiary/aromatic N) is 5. The van der Waals surface area contributed by atoms with Gasteiger partial charge in [0.05, 0.1) is 16.2 Å². The Balaban J connectivity index is 1.46. The molecule has 0 aliphatic carbocycles. The van der Waals surface area contributed by atoms with Crippen molar-refractivity contribution >= 4 is 32.4 Å². The quantitative estimate of drug-likeness (QED) is 0.540. The minimum absolute atomic E-state index is 0.0286. The molecule has 2 aliphatic heterocycles. The van der Waals surface area contributed by atoms with Crippen molar-refractivity contribution < 1.29 is 13.3 Å². The number of piperazine rings is 1. The molecule has 2 aromatic rings. The first kappa shape index (κ1) is 19.2. The first-order valence-electron chi connectivity index (χ1n) is 9.16. The minimum atomic E-state index is -3.37. The van der Waals surface area contributed by atoms with Crippen LogP contribution in [0.5, 0.6) is 0 Å². The van der Waals surface area contributed by atoms with E-state index in [-0.39, 0.29) is 5.69 Å². The Morgan fingerprint density at radius 3 is 2.32 bits per heavy atom. The second-order valence-electron chi connectivity index (χ2n) is 6.79. The summed E-state index contributed by atoms with van der Waals surface area (Å²) in [6.45, 7) is 3.15. The van der Waals surface area contributed by atoms with Gasteiger partial charge in [0, 0.05) is 50.7 Å².